The van der Waals surface area contributed by atoms with Gasteiger partial charge in [0, 0.05) is 55.8 Å². The van der Waals surface area contributed by atoms with Crippen molar-refractivity contribution in [1.82, 2.24) is 14.9 Å². The molecule has 0 aliphatic carbocycles. The third kappa shape index (κ3) is 4.76. The molecule has 1 aromatic heterocycles. The molecule has 0 N–H and O–H groups in total. The smallest absolute Gasteiger partial charge is 0.222 e. The Morgan fingerprint density at radius 3 is 2.35 bits per heavy atom. The van der Waals surface area contributed by atoms with Crippen LogP contribution in [0, 0.1) is 13.8 Å². The summed E-state index contributed by atoms with van der Waals surface area (Å²) in [6.07, 6.45) is 1.36. The Morgan fingerprint density at radius 2 is 1.68 bits per heavy atom. The number of piperazine rings is 1. The lowest BCUT2D eigenvalue weighted by molar-refractivity contribution is -0.131. The Hall–Kier alpha value is -3.21. The summed E-state index contributed by atoms with van der Waals surface area (Å²) >= 11 is 0. The number of aryl methyl sites for hydroxylation is 2. The highest BCUT2D eigenvalue weighted by atomic mass is 16.2. The quantitative estimate of drug-likeness (QED) is 0.621. The number of anilines is 1. The van der Waals surface area contributed by atoms with Crippen molar-refractivity contribution in [3.8, 4) is 11.4 Å². The van der Waals surface area contributed by atoms with Crippen LogP contribution in [0.2, 0.25) is 0 Å². The van der Waals surface area contributed by atoms with E-state index in [9.17, 15) is 4.79 Å². The fourth-order valence-corrected chi connectivity index (χ4v) is 4.18. The average molecular weight is 415 g/mol. The fraction of sp³-hybridized carbons (Fsp3) is 0.346. The summed E-state index contributed by atoms with van der Waals surface area (Å²) in [5.41, 5.74) is 5.72. The summed E-state index contributed by atoms with van der Waals surface area (Å²) in [6.45, 7) is 9.18. The van der Waals surface area contributed by atoms with Gasteiger partial charge < -0.3 is 9.80 Å². The van der Waals surface area contributed by atoms with Crippen LogP contribution >= 0.6 is 0 Å². The molecule has 5 nitrogen and oxygen atoms in total. The van der Waals surface area contributed by atoms with E-state index in [2.05, 4.69) is 55.1 Å². The van der Waals surface area contributed by atoms with Crippen LogP contribution in [0.25, 0.3) is 11.4 Å². The molecule has 1 saturated heterocycles. The lowest BCUT2D eigenvalue weighted by Gasteiger charge is -2.36. The van der Waals surface area contributed by atoms with Gasteiger partial charge in [-0.3, -0.25) is 4.79 Å². The Morgan fingerprint density at radius 1 is 0.935 bits per heavy atom. The van der Waals surface area contributed by atoms with Crippen molar-refractivity contribution in [2.75, 3.05) is 31.1 Å². The van der Waals surface area contributed by atoms with Crippen LogP contribution in [0.5, 0.6) is 0 Å². The van der Waals surface area contributed by atoms with Crippen LogP contribution in [0.3, 0.4) is 0 Å². The number of amides is 1. The number of hydrogen-bond acceptors (Lipinski definition) is 4. The maximum atomic E-state index is 12.1. The molecular weight excluding hydrogens is 384 g/mol. The van der Waals surface area contributed by atoms with Crippen LogP contribution in [-0.4, -0.2) is 47.0 Å². The summed E-state index contributed by atoms with van der Waals surface area (Å²) in [5, 5.41) is 0. The molecule has 0 atom stereocenters. The number of hydrogen-bond donors (Lipinski definition) is 0. The Balaban J connectivity index is 1.71. The largest absolute Gasteiger partial charge is 0.353 e. The van der Waals surface area contributed by atoms with Gasteiger partial charge in [0.1, 0.15) is 5.82 Å². The van der Waals surface area contributed by atoms with Gasteiger partial charge in [0.05, 0.1) is 0 Å². The molecule has 3 aromatic rings. The van der Waals surface area contributed by atoms with Gasteiger partial charge in [-0.2, -0.15) is 0 Å². The van der Waals surface area contributed by atoms with E-state index in [1.165, 1.54) is 16.7 Å². The van der Waals surface area contributed by atoms with Crippen LogP contribution in [0.1, 0.15) is 35.7 Å². The van der Waals surface area contributed by atoms with Crippen molar-refractivity contribution < 1.29 is 4.79 Å². The Kier molecular flexibility index (Phi) is 6.31. The van der Waals surface area contributed by atoms with E-state index in [4.69, 9.17) is 9.97 Å². The van der Waals surface area contributed by atoms with Gasteiger partial charge in [-0.05, 0) is 19.4 Å². The first-order valence-corrected chi connectivity index (χ1v) is 11.1. The number of carbonyl (C=O) groups is 1. The molecule has 0 unspecified atom stereocenters. The minimum atomic E-state index is 0.225. The Labute approximate surface area is 184 Å². The molecule has 1 amide bonds. The molecule has 0 spiro atoms. The van der Waals surface area contributed by atoms with E-state index >= 15 is 0 Å². The van der Waals surface area contributed by atoms with Crippen molar-refractivity contribution in [2.24, 2.45) is 0 Å². The van der Waals surface area contributed by atoms with Gasteiger partial charge in [-0.15, -0.1) is 0 Å². The number of benzene rings is 2. The van der Waals surface area contributed by atoms with Crippen molar-refractivity contribution in [3.05, 3.63) is 77.0 Å². The van der Waals surface area contributed by atoms with Crippen LogP contribution in [0.4, 0.5) is 5.82 Å². The molecule has 0 saturated carbocycles. The second-order valence-corrected chi connectivity index (χ2v) is 8.19. The molecule has 1 aliphatic heterocycles. The minimum absolute atomic E-state index is 0.225. The molecule has 31 heavy (non-hydrogen) atoms. The van der Waals surface area contributed by atoms with Gasteiger partial charge in [0.2, 0.25) is 5.91 Å². The molecule has 1 fully saturated rings. The first kappa shape index (κ1) is 21.0. The maximum Gasteiger partial charge on any atom is 0.222 e. The van der Waals surface area contributed by atoms with E-state index in [-0.39, 0.29) is 5.91 Å². The second-order valence-electron chi connectivity index (χ2n) is 8.19. The monoisotopic (exact) mass is 414 g/mol. The standard InChI is InChI=1S/C26H30N4O/c1-4-24(31)29-13-15-30(16-14-29)26-23(18-21-10-8-9-19(2)17-21)20(3)27-25(28-26)22-11-6-5-7-12-22/h5-12,17H,4,13-16,18H2,1-3H3. The maximum absolute atomic E-state index is 12.1. The summed E-state index contributed by atoms with van der Waals surface area (Å²) < 4.78 is 0. The molecule has 0 radical (unpaired) electrons. The molecule has 1 aliphatic rings. The zero-order valence-corrected chi connectivity index (χ0v) is 18.6. The molecule has 5 heteroatoms. The zero-order chi connectivity index (χ0) is 21.8. The first-order valence-electron chi connectivity index (χ1n) is 11.1. The normalized spacial score (nSPS) is 14.0. The van der Waals surface area contributed by atoms with E-state index in [0.29, 0.717) is 6.42 Å². The average Bonchev–Trinajstić information content (AvgIpc) is 2.80. The van der Waals surface area contributed by atoms with Gasteiger partial charge in [-0.1, -0.05) is 67.1 Å². The molecular formula is C26H30N4O. The lowest BCUT2D eigenvalue weighted by Crippen LogP contribution is -2.49. The minimum Gasteiger partial charge on any atom is -0.353 e. The lowest BCUT2D eigenvalue weighted by atomic mass is 10.0. The highest BCUT2D eigenvalue weighted by Crippen LogP contribution is 2.28. The predicted octanol–water partition coefficient (Wildman–Crippen LogP) is 4.41. The number of carbonyl (C=O) groups excluding carboxylic acids is 1. The van der Waals surface area contributed by atoms with E-state index in [1.54, 1.807) is 0 Å². The SMILES string of the molecule is CCC(=O)N1CCN(c2nc(-c3ccccc3)nc(C)c2Cc2cccc(C)c2)CC1. The summed E-state index contributed by atoms with van der Waals surface area (Å²) in [6, 6.07) is 18.8. The molecule has 160 valence electrons. The molecule has 2 aromatic carbocycles. The van der Waals surface area contributed by atoms with Crippen molar-refractivity contribution in [2.45, 2.75) is 33.6 Å². The third-order valence-electron chi connectivity index (χ3n) is 5.92. The number of aromatic nitrogens is 2. The molecule has 0 bridgehead atoms. The number of nitrogens with zero attached hydrogens (tertiary/aromatic N) is 4. The van der Waals surface area contributed by atoms with Crippen molar-refractivity contribution in [1.29, 1.82) is 0 Å². The van der Waals surface area contributed by atoms with Crippen molar-refractivity contribution in [3.63, 3.8) is 0 Å². The third-order valence-corrected chi connectivity index (χ3v) is 5.92. The summed E-state index contributed by atoms with van der Waals surface area (Å²) in [5.74, 6) is 1.98. The highest BCUT2D eigenvalue weighted by molar-refractivity contribution is 5.76. The van der Waals surface area contributed by atoms with E-state index < -0.39 is 0 Å². The van der Waals surface area contributed by atoms with Gasteiger partial charge in [0.25, 0.3) is 0 Å². The van der Waals surface area contributed by atoms with E-state index in [0.717, 1.165) is 55.5 Å². The molecule has 2 heterocycles. The highest BCUT2D eigenvalue weighted by Gasteiger charge is 2.24. The van der Waals surface area contributed by atoms with Gasteiger partial charge in [0.15, 0.2) is 5.82 Å². The predicted molar refractivity (Wildman–Crippen MR) is 125 cm³/mol. The topological polar surface area (TPSA) is 49.3 Å². The number of rotatable bonds is 5. The molecule has 4 rings (SSSR count). The van der Waals surface area contributed by atoms with Gasteiger partial charge in [-0.25, -0.2) is 9.97 Å². The second kappa shape index (κ2) is 9.29. The van der Waals surface area contributed by atoms with Crippen LogP contribution in [0.15, 0.2) is 54.6 Å². The van der Waals surface area contributed by atoms with Gasteiger partial charge >= 0.3 is 0 Å². The summed E-state index contributed by atoms with van der Waals surface area (Å²) in [4.78, 5) is 26.3. The van der Waals surface area contributed by atoms with Crippen molar-refractivity contribution >= 4 is 11.7 Å². The fourth-order valence-electron chi connectivity index (χ4n) is 4.18. The Bertz CT molecular complexity index is 1060. The van der Waals surface area contributed by atoms with Crippen LogP contribution in [-0.2, 0) is 11.2 Å². The van der Waals surface area contributed by atoms with Crippen LogP contribution < -0.4 is 4.90 Å². The summed E-state index contributed by atoms with van der Waals surface area (Å²) in [7, 11) is 0. The zero-order valence-electron chi connectivity index (χ0n) is 18.6. The first-order chi connectivity index (χ1) is 15.0. The van der Waals surface area contributed by atoms with E-state index in [1.807, 2.05) is 30.0 Å².